The zero-order chi connectivity index (χ0) is 15.9. The first-order valence-corrected chi connectivity index (χ1v) is 8.88. The summed E-state index contributed by atoms with van der Waals surface area (Å²) in [6, 6.07) is 24.5. The highest BCUT2D eigenvalue weighted by Gasteiger charge is 2.20. The highest BCUT2D eigenvalue weighted by molar-refractivity contribution is 5.74. The number of hydrogen-bond acceptors (Lipinski definition) is 0. The van der Waals surface area contributed by atoms with Gasteiger partial charge in [0.05, 0.1) is 0 Å². The summed E-state index contributed by atoms with van der Waals surface area (Å²) in [5.41, 5.74) is 7.21. The van der Waals surface area contributed by atoms with Crippen LogP contribution in [-0.2, 0) is 6.42 Å². The molecule has 0 saturated heterocycles. The van der Waals surface area contributed by atoms with E-state index in [0.29, 0.717) is 5.92 Å². The minimum Gasteiger partial charge on any atom is -0.0763 e. The van der Waals surface area contributed by atoms with E-state index in [1.807, 2.05) is 0 Å². The summed E-state index contributed by atoms with van der Waals surface area (Å²) in [5, 5.41) is 2.92. The molecule has 0 aliphatic heterocycles. The molecule has 2 aliphatic carbocycles. The van der Waals surface area contributed by atoms with Crippen molar-refractivity contribution in [1.82, 2.24) is 0 Å². The van der Waals surface area contributed by atoms with Crippen LogP contribution >= 0.6 is 0 Å². The first-order chi connectivity index (χ1) is 11.9. The largest absolute Gasteiger partial charge is 0.0763 e. The molecular weight excluding hydrogens is 288 g/mol. The summed E-state index contributed by atoms with van der Waals surface area (Å²) in [6.45, 7) is 0. The summed E-state index contributed by atoms with van der Waals surface area (Å²) < 4.78 is 0. The lowest BCUT2D eigenvalue weighted by Crippen LogP contribution is -2.35. The summed E-state index contributed by atoms with van der Waals surface area (Å²) in [6.07, 6.45) is 8.31. The fraction of sp³-hybridized carbons (Fsp3) is 0.167. The molecule has 3 aromatic carbocycles. The summed E-state index contributed by atoms with van der Waals surface area (Å²) >= 11 is 0. The minimum atomic E-state index is 0.530. The highest BCUT2D eigenvalue weighted by Crippen LogP contribution is 2.31. The molecule has 24 heavy (non-hydrogen) atoms. The molecule has 0 radical (unpaired) electrons. The maximum Gasteiger partial charge on any atom is 0.00983 e. The van der Waals surface area contributed by atoms with Crippen LogP contribution in [0.15, 0.2) is 66.7 Å². The van der Waals surface area contributed by atoms with E-state index in [2.05, 4.69) is 78.9 Å². The molecular formula is C24H20. The van der Waals surface area contributed by atoms with Crippen molar-refractivity contribution < 1.29 is 0 Å². The molecule has 0 N–H and O–H groups in total. The third-order valence-corrected chi connectivity index (χ3v) is 5.54. The van der Waals surface area contributed by atoms with Crippen LogP contribution in [0.5, 0.6) is 0 Å². The molecule has 1 atom stereocenters. The number of hydrogen-bond donors (Lipinski definition) is 0. The van der Waals surface area contributed by atoms with Crippen molar-refractivity contribution in [3.8, 4) is 11.1 Å². The molecule has 0 nitrogen and oxygen atoms in total. The SMILES string of the molecule is C1=c2c(ccc3c2=CCCC3c2ccccc2)-c2ccccc2C1. The second kappa shape index (κ2) is 5.49. The lowest BCUT2D eigenvalue weighted by molar-refractivity contribution is 0.719. The van der Waals surface area contributed by atoms with E-state index >= 15 is 0 Å². The molecule has 0 aromatic heterocycles. The molecule has 0 heterocycles. The third-order valence-electron chi connectivity index (χ3n) is 5.54. The van der Waals surface area contributed by atoms with Gasteiger partial charge in [0.2, 0.25) is 0 Å². The first-order valence-electron chi connectivity index (χ1n) is 8.88. The van der Waals surface area contributed by atoms with E-state index in [1.54, 1.807) is 0 Å². The zero-order valence-corrected chi connectivity index (χ0v) is 13.7. The van der Waals surface area contributed by atoms with Crippen molar-refractivity contribution in [3.05, 3.63) is 93.9 Å². The van der Waals surface area contributed by atoms with Crippen LogP contribution in [0, 0.1) is 0 Å². The molecule has 1 unspecified atom stereocenters. The van der Waals surface area contributed by atoms with Crippen LogP contribution in [0.2, 0.25) is 0 Å². The van der Waals surface area contributed by atoms with E-state index < -0.39 is 0 Å². The van der Waals surface area contributed by atoms with E-state index in [1.165, 1.54) is 51.1 Å². The molecule has 0 fully saturated rings. The van der Waals surface area contributed by atoms with Crippen molar-refractivity contribution in [2.24, 2.45) is 0 Å². The van der Waals surface area contributed by atoms with Gasteiger partial charge < -0.3 is 0 Å². The molecule has 2 aliphatic rings. The standard InChI is InChI=1S/C24H20/c1-2-7-17(8-3-1)20-11-6-12-21-22(20)15-16-23-19-10-5-4-9-18(19)13-14-24(21)23/h1-5,7-10,12,14-16,20H,6,11,13H2. The van der Waals surface area contributed by atoms with Gasteiger partial charge >= 0.3 is 0 Å². The Hall–Kier alpha value is -2.60. The van der Waals surface area contributed by atoms with Crippen molar-refractivity contribution in [3.63, 3.8) is 0 Å². The highest BCUT2D eigenvalue weighted by atomic mass is 14.2. The average Bonchev–Trinajstić information content (AvgIpc) is 2.67. The Labute approximate surface area is 142 Å². The second-order valence-electron chi connectivity index (χ2n) is 6.84. The Morgan fingerprint density at radius 1 is 0.667 bits per heavy atom. The van der Waals surface area contributed by atoms with Gasteiger partial charge in [-0.15, -0.1) is 0 Å². The predicted octanol–water partition coefficient (Wildman–Crippen LogP) is 4.40. The average molecular weight is 308 g/mol. The third kappa shape index (κ3) is 2.06. The molecule has 0 saturated carbocycles. The normalized spacial score (nSPS) is 17.8. The first kappa shape index (κ1) is 13.8. The lowest BCUT2D eigenvalue weighted by Gasteiger charge is -2.24. The Balaban J connectivity index is 1.74. The fourth-order valence-electron chi connectivity index (χ4n) is 4.39. The molecule has 0 spiro atoms. The summed E-state index contributed by atoms with van der Waals surface area (Å²) in [4.78, 5) is 0. The number of fused-ring (bicyclic) bond motifs is 5. The van der Waals surface area contributed by atoms with Crippen molar-refractivity contribution in [2.75, 3.05) is 0 Å². The molecule has 0 heteroatoms. The molecule has 5 rings (SSSR count). The van der Waals surface area contributed by atoms with Gasteiger partial charge in [-0.05, 0) is 57.5 Å². The van der Waals surface area contributed by atoms with Crippen molar-refractivity contribution in [1.29, 1.82) is 0 Å². The van der Waals surface area contributed by atoms with Crippen LogP contribution in [-0.4, -0.2) is 0 Å². The van der Waals surface area contributed by atoms with Crippen LogP contribution in [0.25, 0.3) is 23.3 Å². The fourth-order valence-corrected chi connectivity index (χ4v) is 4.39. The Bertz CT molecular complexity index is 1030. The smallest absolute Gasteiger partial charge is 0.00983 e. The van der Waals surface area contributed by atoms with E-state index in [4.69, 9.17) is 0 Å². The molecule has 116 valence electrons. The molecule has 0 bridgehead atoms. The van der Waals surface area contributed by atoms with Crippen LogP contribution < -0.4 is 10.4 Å². The monoisotopic (exact) mass is 308 g/mol. The van der Waals surface area contributed by atoms with Crippen molar-refractivity contribution >= 4 is 12.2 Å². The van der Waals surface area contributed by atoms with Crippen LogP contribution in [0.1, 0.15) is 35.4 Å². The second-order valence-corrected chi connectivity index (χ2v) is 6.84. The van der Waals surface area contributed by atoms with Gasteiger partial charge in [0.25, 0.3) is 0 Å². The minimum absolute atomic E-state index is 0.530. The van der Waals surface area contributed by atoms with Crippen LogP contribution in [0.4, 0.5) is 0 Å². The predicted molar refractivity (Wildman–Crippen MR) is 101 cm³/mol. The zero-order valence-electron chi connectivity index (χ0n) is 13.7. The Morgan fingerprint density at radius 3 is 2.42 bits per heavy atom. The van der Waals surface area contributed by atoms with Gasteiger partial charge in [-0.1, -0.05) is 78.9 Å². The number of benzene rings is 3. The summed E-state index contributed by atoms with van der Waals surface area (Å²) in [7, 11) is 0. The van der Waals surface area contributed by atoms with Gasteiger partial charge in [0.15, 0.2) is 0 Å². The maximum atomic E-state index is 2.46. The Morgan fingerprint density at radius 2 is 1.50 bits per heavy atom. The van der Waals surface area contributed by atoms with Gasteiger partial charge in [0.1, 0.15) is 0 Å². The van der Waals surface area contributed by atoms with Gasteiger partial charge in [0, 0.05) is 5.92 Å². The van der Waals surface area contributed by atoms with E-state index in [9.17, 15) is 0 Å². The van der Waals surface area contributed by atoms with E-state index in [0.717, 1.165) is 6.42 Å². The van der Waals surface area contributed by atoms with Crippen molar-refractivity contribution in [2.45, 2.75) is 25.2 Å². The van der Waals surface area contributed by atoms with Gasteiger partial charge in [-0.25, -0.2) is 0 Å². The Kier molecular flexibility index (Phi) is 3.16. The summed E-state index contributed by atoms with van der Waals surface area (Å²) in [5.74, 6) is 0.530. The lowest BCUT2D eigenvalue weighted by atomic mass is 9.80. The quantitative estimate of drug-likeness (QED) is 0.625. The van der Waals surface area contributed by atoms with E-state index in [-0.39, 0.29) is 0 Å². The molecule has 3 aromatic rings. The van der Waals surface area contributed by atoms with Gasteiger partial charge in [-0.2, -0.15) is 0 Å². The van der Waals surface area contributed by atoms with Gasteiger partial charge in [-0.3, -0.25) is 0 Å². The van der Waals surface area contributed by atoms with Crippen LogP contribution in [0.3, 0.4) is 0 Å². The maximum absolute atomic E-state index is 2.46. The number of rotatable bonds is 1. The topological polar surface area (TPSA) is 0 Å². The molecule has 0 amide bonds.